The molecule has 0 fully saturated rings. The number of fused-ring (bicyclic) bond motifs is 1. The summed E-state index contributed by atoms with van der Waals surface area (Å²) >= 11 is 0. The maximum Gasteiger partial charge on any atom is 0.292 e. The summed E-state index contributed by atoms with van der Waals surface area (Å²) in [5.74, 6) is 0.0903. The van der Waals surface area contributed by atoms with Crippen LogP contribution in [-0.2, 0) is 0 Å². The molecule has 0 atom stereocenters. The van der Waals surface area contributed by atoms with Crippen molar-refractivity contribution in [1.82, 2.24) is 14.5 Å². The first kappa shape index (κ1) is 18.4. The summed E-state index contributed by atoms with van der Waals surface area (Å²) in [5, 5.41) is 9.31. The molecule has 4 rings (SSSR count). The first-order valence-corrected chi connectivity index (χ1v) is 9.03. The van der Waals surface area contributed by atoms with E-state index in [1.165, 1.54) is 0 Å². The van der Waals surface area contributed by atoms with Gasteiger partial charge in [0.15, 0.2) is 11.5 Å². The van der Waals surface area contributed by atoms with Crippen molar-refractivity contribution in [3.8, 4) is 0 Å². The highest BCUT2D eigenvalue weighted by atomic mass is 16.5. The van der Waals surface area contributed by atoms with Crippen LogP contribution in [0.4, 0.5) is 11.5 Å². The van der Waals surface area contributed by atoms with Crippen molar-refractivity contribution in [2.24, 2.45) is 0 Å². The number of pyridine rings is 1. The third kappa shape index (κ3) is 3.47. The lowest BCUT2D eigenvalue weighted by molar-refractivity contribution is 0.101. The number of nitrogens with one attached hydrogen (secondary N) is 2. The largest absolute Gasteiger partial charge is 0.360 e. The van der Waals surface area contributed by atoms with Crippen LogP contribution in [0.1, 0.15) is 38.0 Å². The van der Waals surface area contributed by atoms with E-state index in [1.807, 2.05) is 32.0 Å². The molecule has 146 valence electrons. The van der Waals surface area contributed by atoms with E-state index in [4.69, 9.17) is 4.52 Å². The van der Waals surface area contributed by atoms with Crippen molar-refractivity contribution in [3.05, 3.63) is 77.1 Å². The Bertz CT molecular complexity index is 1220. The monoisotopic (exact) mass is 389 g/mol. The van der Waals surface area contributed by atoms with Gasteiger partial charge in [0.2, 0.25) is 5.82 Å². The van der Waals surface area contributed by atoms with Crippen molar-refractivity contribution in [1.29, 1.82) is 0 Å². The Morgan fingerprint density at radius 3 is 2.41 bits per heavy atom. The Morgan fingerprint density at radius 1 is 0.966 bits per heavy atom. The molecule has 4 aromatic rings. The Hall–Kier alpha value is -3.94. The Kier molecular flexibility index (Phi) is 4.59. The highest BCUT2D eigenvalue weighted by molar-refractivity contribution is 6.10. The molecule has 0 aliphatic carbocycles. The quantitative estimate of drug-likeness (QED) is 0.553. The third-order valence-electron chi connectivity index (χ3n) is 4.56. The molecule has 8 heteroatoms. The number of carbonyl (C=O) groups excluding carboxylic acids is 2. The van der Waals surface area contributed by atoms with E-state index in [9.17, 15) is 9.59 Å². The van der Waals surface area contributed by atoms with Crippen LogP contribution in [0.5, 0.6) is 0 Å². The first-order chi connectivity index (χ1) is 13.9. The standard InChI is InChI=1S/C21H19N5O3/c1-12-7-6-8-13(2)17(12)24-21(28)19-23-18(15-9-4-5-10-26(15)19)20(27)22-16-11-14(3)29-25-16/h4-11H,1-3H3,(H,24,28)(H,22,25,27). The van der Waals surface area contributed by atoms with Gasteiger partial charge >= 0.3 is 0 Å². The normalized spacial score (nSPS) is 10.9. The van der Waals surface area contributed by atoms with Crippen molar-refractivity contribution in [2.45, 2.75) is 20.8 Å². The van der Waals surface area contributed by atoms with Gasteiger partial charge in [-0.1, -0.05) is 29.4 Å². The van der Waals surface area contributed by atoms with Crippen molar-refractivity contribution in [2.75, 3.05) is 10.6 Å². The minimum Gasteiger partial charge on any atom is -0.360 e. The van der Waals surface area contributed by atoms with Gasteiger partial charge in [-0.2, -0.15) is 0 Å². The summed E-state index contributed by atoms with van der Waals surface area (Å²) in [6.45, 7) is 5.57. The molecule has 0 aliphatic heterocycles. The van der Waals surface area contributed by atoms with Crippen LogP contribution in [0.2, 0.25) is 0 Å². The molecule has 3 heterocycles. The molecule has 2 N–H and O–H groups in total. The van der Waals surface area contributed by atoms with Crippen LogP contribution in [0.15, 0.2) is 53.2 Å². The van der Waals surface area contributed by atoms with Gasteiger partial charge < -0.3 is 15.2 Å². The van der Waals surface area contributed by atoms with E-state index in [0.717, 1.165) is 16.8 Å². The van der Waals surface area contributed by atoms with Crippen molar-refractivity contribution < 1.29 is 14.1 Å². The van der Waals surface area contributed by atoms with Crippen LogP contribution in [0.3, 0.4) is 0 Å². The van der Waals surface area contributed by atoms with Gasteiger partial charge in [-0.3, -0.25) is 14.0 Å². The molecule has 0 spiro atoms. The fraction of sp³-hybridized carbons (Fsp3) is 0.143. The number of benzene rings is 1. The number of nitrogens with zero attached hydrogens (tertiary/aromatic N) is 3. The van der Waals surface area contributed by atoms with Gasteiger partial charge in [0.25, 0.3) is 11.8 Å². The zero-order valence-corrected chi connectivity index (χ0v) is 16.2. The fourth-order valence-electron chi connectivity index (χ4n) is 3.15. The minimum absolute atomic E-state index is 0.115. The van der Waals surface area contributed by atoms with E-state index in [0.29, 0.717) is 11.3 Å². The van der Waals surface area contributed by atoms with Crippen molar-refractivity contribution in [3.63, 3.8) is 0 Å². The Morgan fingerprint density at radius 2 is 1.72 bits per heavy atom. The molecular weight excluding hydrogens is 370 g/mol. The highest BCUT2D eigenvalue weighted by Crippen LogP contribution is 2.21. The molecule has 3 aromatic heterocycles. The summed E-state index contributed by atoms with van der Waals surface area (Å²) in [6.07, 6.45) is 1.69. The number of hydrogen-bond acceptors (Lipinski definition) is 5. The smallest absolute Gasteiger partial charge is 0.292 e. The molecule has 2 amide bonds. The summed E-state index contributed by atoms with van der Waals surface area (Å²) in [5.41, 5.74) is 3.25. The number of para-hydroxylation sites is 1. The molecule has 29 heavy (non-hydrogen) atoms. The lowest BCUT2D eigenvalue weighted by Gasteiger charge is -2.10. The molecular formula is C21H19N5O3. The Balaban J connectivity index is 1.70. The van der Waals surface area contributed by atoms with E-state index >= 15 is 0 Å². The maximum atomic E-state index is 13.0. The van der Waals surface area contributed by atoms with Gasteiger partial charge in [-0.05, 0) is 44.0 Å². The van der Waals surface area contributed by atoms with Gasteiger partial charge in [-0.15, -0.1) is 0 Å². The second kappa shape index (κ2) is 7.23. The van der Waals surface area contributed by atoms with E-state index < -0.39 is 11.8 Å². The zero-order chi connectivity index (χ0) is 20.5. The number of imidazole rings is 1. The van der Waals surface area contributed by atoms with Crippen molar-refractivity contribution >= 4 is 28.8 Å². The van der Waals surface area contributed by atoms with Crippen LogP contribution < -0.4 is 10.6 Å². The molecule has 0 aliphatic rings. The summed E-state index contributed by atoms with van der Waals surface area (Å²) < 4.78 is 6.56. The molecule has 8 nitrogen and oxygen atoms in total. The average molecular weight is 389 g/mol. The first-order valence-electron chi connectivity index (χ1n) is 9.03. The zero-order valence-electron chi connectivity index (χ0n) is 16.2. The van der Waals surface area contributed by atoms with Crippen LogP contribution >= 0.6 is 0 Å². The second-order valence-corrected chi connectivity index (χ2v) is 6.74. The molecule has 0 saturated carbocycles. The lowest BCUT2D eigenvalue weighted by atomic mass is 10.1. The number of hydrogen-bond donors (Lipinski definition) is 2. The molecule has 0 saturated heterocycles. The summed E-state index contributed by atoms with van der Waals surface area (Å²) in [7, 11) is 0. The van der Waals surface area contributed by atoms with Gasteiger partial charge in [-0.25, -0.2) is 4.98 Å². The van der Waals surface area contributed by atoms with Crippen LogP contribution in [0.25, 0.3) is 5.52 Å². The SMILES string of the molecule is Cc1cc(NC(=O)c2nc(C(=O)Nc3c(C)cccc3C)n3ccccc23)no1. The molecule has 0 bridgehead atoms. The minimum atomic E-state index is -0.479. The second-order valence-electron chi connectivity index (χ2n) is 6.74. The summed E-state index contributed by atoms with van der Waals surface area (Å²) in [6, 6.07) is 12.7. The topological polar surface area (TPSA) is 102 Å². The molecule has 0 unspecified atom stereocenters. The van der Waals surface area contributed by atoms with Gasteiger partial charge in [0.05, 0.1) is 5.52 Å². The van der Waals surface area contributed by atoms with Gasteiger partial charge in [0, 0.05) is 18.0 Å². The van der Waals surface area contributed by atoms with Crippen LogP contribution in [-0.4, -0.2) is 26.4 Å². The average Bonchev–Trinajstić information content (AvgIpc) is 3.28. The van der Waals surface area contributed by atoms with E-state index in [-0.39, 0.29) is 17.3 Å². The maximum absolute atomic E-state index is 13.0. The summed E-state index contributed by atoms with van der Waals surface area (Å²) in [4.78, 5) is 30.0. The number of amides is 2. The van der Waals surface area contributed by atoms with Crippen LogP contribution in [0, 0.1) is 20.8 Å². The lowest BCUT2D eigenvalue weighted by Crippen LogP contribution is -2.17. The number of aromatic nitrogens is 3. The highest BCUT2D eigenvalue weighted by Gasteiger charge is 2.23. The predicted molar refractivity (Wildman–Crippen MR) is 108 cm³/mol. The predicted octanol–water partition coefficient (Wildman–Crippen LogP) is 3.75. The number of anilines is 2. The Labute approximate surface area is 166 Å². The third-order valence-corrected chi connectivity index (χ3v) is 4.56. The number of aryl methyl sites for hydroxylation is 3. The van der Waals surface area contributed by atoms with E-state index in [1.54, 1.807) is 41.8 Å². The number of carbonyl (C=O) groups is 2. The van der Waals surface area contributed by atoms with Gasteiger partial charge in [0.1, 0.15) is 5.76 Å². The number of rotatable bonds is 4. The fourth-order valence-corrected chi connectivity index (χ4v) is 3.15. The van der Waals surface area contributed by atoms with E-state index in [2.05, 4.69) is 20.8 Å². The molecule has 1 aromatic carbocycles. The molecule has 0 radical (unpaired) electrons.